The number of nitrogens with one attached hydrogen (secondary N) is 2. The Kier molecular flexibility index (Phi) is 4.69. The van der Waals surface area contributed by atoms with Gasteiger partial charge >= 0.3 is 0 Å². The van der Waals surface area contributed by atoms with Crippen molar-refractivity contribution in [3.05, 3.63) is 83.6 Å². The van der Waals surface area contributed by atoms with E-state index in [1.54, 1.807) is 12.3 Å². The first-order chi connectivity index (χ1) is 13.0. The minimum atomic E-state index is -3.56. The highest BCUT2D eigenvalue weighted by Gasteiger charge is 2.27. The summed E-state index contributed by atoms with van der Waals surface area (Å²) in [6.45, 7) is 0.570. The van der Waals surface area contributed by atoms with Gasteiger partial charge in [-0.2, -0.15) is 0 Å². The molecule has 2 heterocycles. The Morgan fingerprint density at radius 1 is 1.33 bits per heavy atom. The van der Waals surface area contributed by atoms with E-state index in [2.05, 4.69) is 16.7 Å². The molecule has 4 rings (SSSR count). The number of benzene rings is 1. The third-order valence-electron chi connectivity index (χ3n) is 4.80. The minimum Gasteiger partial charge on any atom is -0.384 e. The molecule has 7 heteroatoms. The van der Waals surface area contributed by atoms with Gasteiger partial charge in [0.1, 0.15) is 10.7 Å². The maximum Gasteiger partial charge on any atom is 0.148 e. The minimum absolute atomic E-state index is 0.109. The van der Waals surface area contributed by atoms with E-state index in [1.165, 1.54) is 22.2 Å². The molecule has 142 valence electrons. The van der Waals surface area contributed by atoms with Gasteiger partial charge in [-0.05, 0) is 66.7 Å². The monoisotopic (exact) mass is 387 g/mol. The lowest BCUT2D eigenvalue weighted by atomic mass is 9.95. The summed E-state index contributed by atoms with van der Waals surface area (Å²) in [5, 5.41) is 6.35. The Morgan fingerprint density at radius 3 is 2.93 bits per heavy atom. The molecule has 0 amide bonds. The van der Waals surface area contributed by atoms with Crippen LogP contribution in [0.3, 0.4) is 0 Å². The van der Waals surface area contributed by atoms with E-state index in [9.17, 15) is 13.5 Å². The summed E-state index contributed by atoms with van der Waals surface area (Å²) in [4.78, 5) is -0.109. The van der Waals surface area contributed by atoms with Crippen molar-refractivity contribution in [3.8, 4) is 0 Å². The Morgan fingerprint density at radius 2 is 2.15 bits per heavy atom. The first-order valence-electron chi connectivity index (χ1n) is 8.74. The zero-order valence-electron chi connectivity index (χ0n) is 14.9. The molecule has 1 aromatic heterocycles. The predicted octanol–water partition coefficient (Wildman–Crippen LogP) is 4.12. The number of aromatic nitrogens is 1. The number of hydrogen-bond donors (Lipinski definition) is 4. The maximum absolute atomic E-state index is 14.3. The number of nitrogens with zero attached hydrogens (tertiary/aromatic N) is 1. The highest BCUT2D eigenvalue weighted by atomic mass is 32.3. The molecule has 2 aromatic rings. The van der Waals surface area contributed by atoms with Gasteiger partial charge in [0.05, 0.1) is 11.7 Å². The van der Waals surface area contributed by atoms with E-state index in [0.717, 1.165) is 23.1 Å². The van der Waals surface area contributed by atoms with Gasteiger partial charge in [0.2, 0.25) is 0 Å². The highest BCUT2D eigenvalue weighted by molar-refractivity contribution is 8.23. The number of rotatable bonds is 5. The standard InChI is InChI=1S/C20H22FN3O2S/c1-22-12-14-10-19(16-6-7-18-15(11-16)8-9-23-18)24(13-14)27(25,26)20-5-3-2-4-17(20)21/h2-6,8-11,13,18,22-23,25-26H,7,12H2,1H3. The maximum atomic E-state index is 14.3. The molecule has 1 unspecified atom stereocenters. The Labute approximate surface area is 159 Å². The van der Waals surface area contributed by atoms with Crippen molar-refractivity contribution >= 4 is 16.3 Å². The number of halogens is 1. The normalized spacial score (nSPS) is 19.3. The number of fused-ring (bicyclic) bond motifs is 1. The summed E-state index contributed by atoms with van der Waals surface area (Å²) < 4.78 is 37.7. The lowest BCUT2D eigenvalue weighted by molar-refractivity contribution is 0.464. The van der Waals surface area contributed by atoms with E-state index in [0.29, 0.717) is 12.2 Å². The summed E-state index contributed by atoms with van der Waals surface area (Å²) in [6.07, 6.45) is 10.5. The fraction of sp³-hybridized carbons (Fsp3) is 0.200. The highest BCUT2D eigenvalue weighted by Crippen LogP contribution is 2.52. The van der Waals surface area contributed by atoms with Gasteiger partial charge in [0.25, 0.3) is 0 Å². The second-order valence-corrected chi connectivity index (χ2v) is 8.50. The molecule has 27 heavy (non-hydrogen) atoms. The molecule has 0 fully saturated rings. The average molecular weight is 387 g/mol. The van der Waals surface area contributed by atoms with Crippen molar-refractivity contribution in [2.24, 2.45) is 0 Å². The van der Waals surface area contributed by atoms with E-state index < -0.39 is 16.6 Å². The molecular formula is C20H22FN3O2S. The molecule has 0 bridgehead atoms. The summed E-state index contributed by atoms with van der Waals surface area (Å²) in [7, 11) is -1.73. The third-order valence-corrected chi connectivity index (χ3v) is 6.57. The van der Waals surface area contributed by atoms with Crippen molar-refractivity contribution < 1.29 is 13.5 Å². The van der Waals surface area contributed by atoms with Crippen molar-refractivity contribution in [2.75, 3.05) is 7.05 Å². The van der Waals surface area contributed by atoms with E-state index in [1.807, 2.05) is 31.5 Å². The molecule has 0 spiro atoms. The van der Waals surface area contributed by atoms with Crippen LogP contribution in [0, 0.1) is 5.82 Å². The topological polar surface area (TPSA) is 69.5 Å². The molecule has 0 saturated carbocycles. The molecule has 1 aromatic carbocycles. The second kappa shape index (κ2) is 7.01. The Hall–Kier alpha value is -2.32. The fourth-order valence-electron chi connectivity index (χ4n) is 3.48. The first kappa shape index (κ1) is 18.1. The number of hydrogen-bond acceptors (Lipinski definition) is 4. The van der Waals surface area contributed by atoms with Gasteiger partial charge in [-0.1, -0.05) is 29.0 Å². The van der Waals surface area contributed by atoms with Crippen LogP contribution in [-0.4, -0.2) is 26.2 Å². The van der Waals surface area contributed by atoms with Crippen molar-refractivity contribution in [3.63, 3.8) is 0 Å². The molecule has 4 N–H and O–H groups in total. The summed E-state index contributed by atoms with van der Waals surface area (Å²) in [5.74, 6) is -0.633. The quantitative estimate of drug-likeness (QED) is 0.623. The predicted molar refractivity (Wildman–Crippen MR) is 107 cm³/mol. The largest absolute Gasteiger partial charge is 0.384 e. The van der Waals surface area contributed by atoms with Gasteiger partial charge in [-0.25, -0.2) is 8.36 Å². The van der Waals surface area contributed by atoms with E-state index >= 15 is 0 Å². The molecule has 2 aliphatic rings. The lowest BCUT2D eigenvalue weighted by Crippen LogP contribution is -2.22. The van der Waals surface area contributed by atoms with Crippen LogP contribution in [0.2, 0.25) is 0 Å². The molecule has 1 aliphatic heterocycles. The van der Waals surface area contributed by atoms with Gasteiger partial charge in [0.15, 0.2) is 0 Å². The van der Waals surface area contributed by atoms with Crippen molar-refractivity contribution in [2.45, 2.75) is 23.9 Å². The second-order valence-electron chi connectivity index (χ2n) is 6.63. The van der Waals surface area contributed by atoms with Crippen LogP contribution >= 0.6 is 10.8 Å². The third kappa shape index (κ3) is 3.23. The SMILES string of the molecule is CNCc1cc(C2=CCC3NC=CC3=C2)n(S(O)(O)c2ccccc2F)c1. The van der Waals surface area contributed by atoms with Crippen LogP contribution < -0.4 is 10.6 Å². The molecule has 5 nitrogen and oxygen atoms in total. The smallest absolute Gasteiger partial charge is 0.148 e. The van der Waals surface area contributed by atoms with Crippen LogP contribution in [0.15, 0.2) is 71.4 Å². The summed E-state index contributed by atoms with van der Waals surface area (Å²) in [6, 6.07) is 7.97. The van der Waals surface area contributed by atoms with Crippen molar-refractivity contribution in [1.29, 1.82) is 0 Å². The average Bonchev–Trinajstić information content (AvgIpc) is 3.28. The van der Waals surface area contributed by atoms with Crippen LogP contribution in [0.5, 0.6) is 0 Å². The van der Waals surface area contributed by atoms with Crippen LogP contribution in [0.25, 0.3) is 5.57 Å². The molecule has 0 radical (unpaired) electrons. The first-order valence-corrected chi connectivity index (χ1v) is 10.2. The van der Waals surface area contributed by atoms with E-state index in [4.69, 9.17) is 0 Å². The van der Waals surface area contributed by atoms with Gasteiger partial charge < -0.3 is 10.6 Å². The Balaban J connectivity index is 1.82. The molecular weight excluding hydrogens is 365 g/mol. The zero-order chi connectivity index (χ0) is 19.0. The summed E-state index contributed by atoms with van der Waals surface area (Å²) in [5.41, 5.74) is 3.60. The number of allylic oxidation sites excluding steroid dienone is 2. The Bertz CT molecular complexity index is 962. The molecule has 0 saturated heterocycles. The van der Waals surface area contributed by atoms with Gasteiger partial charge in [0, 0.05) is 12.7 Å². The van der Waals surface area contributed by atoms with Gasteiger partial charge in [-0.3, -0.25) is 9.11 Å². The molecule has 1 atom stereocenters. The summed E-state index contributed by atoms with van der Waals surface area (Å²) >= 11 is 0. The lowest BCUT2D eigenvalue weighted by Gasteiger charge is -2.36. The fourth-order valence-corrected chi connectivity index (χ4v) is 5.00. The van der Waals surface area contributed by atoms with Gasteiger partial charge in [-0.15, -0.1) is 0 Å². The van der Waals surface area contributed by atoms with E-state index in [-0.39, 0.29) is 10.9 Å². The van der Waals surface area contributed by atoms with Crippen LogP contribution in [0.1, 0.15) is 17.7 Å². The van der Waals surface area contributed by atoms with Crippen LogP contribution in [0.4, 0.5) is 4.39 Å². The molecule has 1 aliphatic carbocycles. The zero-order valence-corrected chi connectivity index (χ0v) is 15.7. The van der Waals surface area contributed by atoms with Crippen molar-refractivity contribution in [1.82, 2.24) is 14.6 Å². The van der Waals surface area contributed by atoms with Crippen LogP contribution in [-0.2, 0) is 6.54 Å².